The largest absolute Gasteiger partial charge is 0.368 e. The van der Waals surface area contributed by atoms with Crippen molar-refractivity contribution in [3.8, 4) is 0 Å². The second-order valence-electron chi connectivity index (χ2n) is 6.59. The highest BCUT2D eigenvalue weighted by atomic mass is 16.1. The van der Waals surface area contributed by atoms with Crippen molar-refractivity contribution < 1.29 is 4.79 Å². The van der Waals surface area contributed by atoms with Gasteiger partial charge in [0.25, 0.3) is 0 Å². The van der Waals surface area contributed by atoms with Crippen molar-refractivity contribution in [2.24, 2.45) is 0 Å². The number of hydrogen-bond acceptors (Lipinski definition) is 2. The molecule has 1 aliphatic carbocycles. The predicted molar refractivity (Wildman–Crippen MR) is 101 cm³/mol. The van der Waals surface area contributed by atoms with Gasteiger partial charge < -0.3 is 10.2 Å². The van der Waals surface area contributed by atoms with E-state index in [0.29, 0.717) is 6.04 Å². The Morgan fingerprint density at radius 3 is 2.71 bits per heavy atom. The second kappa shape index (κ2) is 7.08. The molecule has 1 atom stereocenters. The molecule has 0 spiro atoms. The number of carbonyl (C=O) groups excluding carboxylic acids is 1. The lowest BCUT2D eigenvalue weighted by molar-refractivity contribution is -0.114. The number of anilines is 2. The fraction of sp³-hybridized carbons (Fsp3) is 0.381. The fourth-order valence-corrected chi connectivity index (χ4v) is 3.87. The summed E-state index contributed by atoms with van der Waals surface area (Å²) in [6.45, 7) is 7.00. The highest BCUT2D eigenvalue weighted by Crippen LogP contribution is 2.32. The summed E-state index contributed by atoms with van der Waals surface area (Å²) >= 11 is 0. The van der Waals surface area contributed by atoms with Gasteiger partial charge in [0.05, 0.1) is 0 Å². The molecular formula is C21H26N2O. The third kappa shape index (κ3) is 3.30. The van der Waals surface area contributed by atoms with E-state index in [1.807, 2.05) is 6.07 Å². The van der Waals surface area contributed by atoms with E-state index in [1.54, 1.807) is 6.92 Å². The molecule has 1 N–H and O–H groups in total. The monoisotopic (exact) mass is 322 g/mol. The highest BCUT2D eigenvalue weighted by Gasteiger charge is 2.25. The molecule has 0 heterocycles. The van der Waals surface area contributed by atoms with Gasteiger partial charge >= 0.3 is 0 Å². The van der Waals surface area contributed by atoms with Crippen molar-refractivity contribution in [2.45, 2.75) is 46.1 Å². The van der Waals surface area contributed by atoms with Gasteiger partial charge in [-0.25, -0.2) is 0 Å². The Hall–Kier alpha value is -2.29. The van der Waals surface area contributed by atoms with Crippen LogP contribution in [-0.2, 0) is 17.6 Å². The molecule has 2 aromatic carbocycles. The summed E-state index contributed by atoms with van der Waals surface area (Å²) in [5.74, 6) is 0.000573. The van der Waals surface area contributed by atoms with Crippen molar-refractivity contribution in [1.29, 1.82) is 0 Å². The van der Waals surface area contributed by atoms with Crippen LogP contribution in [0.1, 0.15) is 37.0 Å². The first-order chi connectivity index (χ1) is 11.6. The number of para-hydroxylation sites is 1. The number of nitrogens with zero attached hydrogens (tertiary/aromatic N) is 1. The van der Waals surface area contributed by atoms with Crippen LogP contribution in [0.3, 0.4) is 0 Å². The van der Waals surface area contributed by atoms with Crippen molar-refractivity contribution >= 4 is 17.3 Å². The molecule has 24 heavy (non-hydrogen) atoms. The van der Waals surface area contributed by atoms with E-state index >= 15 is 0 Å². The molecule has 3 nitrogen and oxygen atoms in total. The Morgan fingerprint density at radius 1 is 1.21 bits per heavy atom. The van der Waals surface area contributed by atoms with E-state index in [9.17, 15) is 4.79 Å². The molecule has 0 saturated carbocycles. The van der Waals surface area contributed by atoms with Crippen molar-refractivity contribution in [3.63, 3.8) is 0 Å². The molecule has 0 aromatic heterocycles. The fourth-order valence-electron chi connectivity index (χ4n) is 3.87. The molecule has 0 radical (unpaired) electrons. The number of benzene rings is 2. The summed E-state index contributed by atoms with van der Waals surface area (Å²) < 4.78 is 0. The van der Waals surface area contributed by atoms with Gasteiger partial charge in [0.1, 0.15) is 0 Å². The average Bonchev–Trinajstić information content (AvgIpc) is 2.57. The molecule has 0 fully saturated rings. The van der Waals surface area contributed by atoms with Crippen molar-refractivity contribution in [3.05, 3.63) is 59.2 Å². The number of fused-ring (bicyclic) bond motifs is 1. The lowest BCUT2D eigenvalue weighted by Gasteiger charge is -2.37. The molecule has 1 aliphatic rings. The highest BCUT2D eigenvalue weighted by molar-refractivity contribution is 5.89. The first-order valence-corrected chi connectivity index (χ1v) is 8.80. The quantitative estimate of drug-likeness (QED) is 0.908. The Bertz CT molecular complexity index is 738. The van der Waals surface area contributed by atoms with Crippen LogP contribution in [0.2, 0.25) is 0 Å². The maximum absolute atomic E-state index is 11.4. The second-order valence-corrected chi connectivity index (χ2v) is 6.59. The van der Waals surface area contributed by atoms with Gasteiger partial charge in [-0.2, -0.15) is 0 Å². The van der Waals surface area contributed by atoms with E-state index in [-0.39, 0.29) is 5.91 Å². The summed E-state index contributed by atoms with van der Waals surface area (Å²) in [5.41, 5.74) is 6.33. The van der Waals surface area contributed by atoms with Gasteiger partial charge in [-0.3, -0.25) is 4.79 Å². The molecule has 2 aromatic rings. The third-order valence-corrected chi connectivity index (χ3v) is 4.97. The lowest BCUT2D eigenvalue weighted by atomic mass is 9.86. The first kappa shape index (κ1) is 16.6. The minimum absolute atomic E-state index is 0.000573. The summed E-state index contributed by atoms with van der Waals surface area (Å²) in [4.78, 5) is 14.0. The van der Waals surface area contributed by atoms with Crippen LogP contribution in [0.25, 0.3) is 0 Å². The van der Waals surface area contributed by atoms with Crippen LogP contribution >= 0.6 is 0 Å². The van der Waals surface area contributed by atoms with Gasteiger partial charge in [-0.15, -0.1) is 0 Å². The number of nitrogens with one attached hydrogen (secondary N) is 1. The van der Waals surface area contributed by atoms with E-state index in [1.165, 1.54) is 22.4 Å². The zero-order valence-corrected chi connectivity index (χ0v) is 14.8. The summed E-state index contributed by atoms with van der Waals surface area (Å²) in [7, 11) is 0. The van der Waals surface area contributed by atoms with E-state index in [0.717, 1.165) is 31.5 Å². The Labute approximate surface area is 144 Å². The van der Waals surface area contributed by atoms with Gasteiger partial charge in [-0.05, 0) is 61.9 Å². The lowest BCUT2D eigenvalue weighted by Crippen LogP contribution is -2.40. The molecule has 0 saturated heterocycles. The van der Waals surface area contributed by atoms with Crippen LogP contribution < -0.4 is 10.2 Å². The maximum atomic E-state index is 11.4. The topological polar surface area (TPSA) is 32.3 Å². The third-order valence-electron chi connectivity index (χ3n) is 4.97. The van der Waals surface area contributed by atoms with Crippen molar-refractivity contribution in [1.82, 2.24) is 0 Å². The summed E-state index contributed by atoms with van der Waals surface area (Å²) in [6.07, 6.45) is 3.16. The number of aryl methyl sites for hydroxylation is 1. The Kier molecular flexibility index (Phi) is 4.89. The normalized spacial score (nSPS) is 16.4. The first-order valence-electron chi connectivity index (χ1n) is 8.80. The number of likely N-dealkylation sites (N-methyl/N-ethyl adjacent to an activating group) is 1. The number of carbonyl (C=O) groups is 1. The molecule has 0 bridgehead atoms. The molecule has 0 aliphatic heterocycles. The number of hydrogen-bond donors (Lipinski definition) is 1. The summed E-state index contributed by atoms with van der Waals surface area (Å²) in [6, 6.07) is 15.4. The van der Waals surface area contributed by atoms with Crippen LogP contribution in [0.15, 0.2) is 42.5 Å². The van der Waals surface area contributed by atoms with Crippen LogP contribution in [0.5, 0.6) is 0 Å². The zero-order chi connectivity index (χ0) is 17.1. The standard InChI is InChI=1S/C21H26N2O/c1-4-23(21-11-6-5-8-15(21)2)18-12-13-19-17(14-18)9-7-10-20(19)22-16(3)24/h5-11,18H,4,12-14H2,1-3H3,(H,22,24). The van der Waals surface area contributed by atoms with Gasteiger partial charge in [0.15, 0.2) is 0 Å². The van der Waals surface area contributed by atoms with Crippen molar-refractivity contribution in [2.75, 3.05) is 16.8 Å². The van der Waals surface area contributed by atoms with Gasteiger partial charge in [0.2, 0.25) is 5.91 Å². The Balaban J connectivity index is 1.87. The predicted octanol–water partition coefficient (Wildman–Crippen LogP) is 4.34. The number of amides is 1. The molecule has 1 unspecified atom stereocenters. The van der Waals surface area contributed by atoms with Gasteiger partial charge in [0, 0.05) is 30.9 Å². The van der Waals surface area contributed by atoms with Crippen LogP contribution in [-0.4, -0.2) is 18.5 Å². The Morgan fingerprint density at radius 2 is 2.00 bits per heavy atom. The van der Waals surface area contributed by atoms with E-state index < -0.39 is 0 Å². The minimum atomic E-state index is 0.000573. The molecule has 3 rings (SSSR count). The van der Waals surface area contributed by atoms with Crippen LogP contribution in [0.4, 0.5) is 11.4 Å². The average molecular weight is 322 g/mol. The van der Waals surface area contributed by atoms with Gasteiger partial charge in [-0.1, -0.05) is 30.3 Å². The SMILES string of the molecule is CCN(c1ccccc1C)C1CCc2c(cccc2NC(C)=O)C1. The minimum Gasteiger partial charge on any atom is -0.368 e. The zero-order valence-electron chi connectivity index (χ0n) is 14.8. The molecule has 3 heteroatoms. The number of rotatable bonds is 4. The smallest absolute Gasteiger partial charge is 0.221 e. The van der Waals surface area contributed by atoms with Crippen LogP contribution in [0, 0.1) is 6.92 Å². The summed E-state index contributed by atoms with van der Waals surface area (Å²) in [5, 5.41) is 2.98. The molecule has 1 amide bonds. The molecular weight excluding hydrogens is 296 g/mol. The molecule has 126 valence electrons. The maximum Gasteiger partial charge on any atom is 0.221 e. The van der Waals surface area contributed by atoms with E-state index in [4.69, 9.17) is 0 Å². The van der Waals surface area contributed by atoms with E-state index in [2.05, 4.69) is 60.5 Å².